The molecule has 0 saturated carbocycles. The summed E-state index contributed by atoms with van der Waals surface area (Å²) in [5, 5.41) is 3.76. The molecule has 6 rings (SSSR count). The predicted molar refractivity (Wildman–Crippen MR) is 99.6 cm³/mol. The maximum atomic E-state index is 13.2. The summed E-state index contributed by atoms with van der Waals surface area (Å²) in [6.45, 7) is 1.92. The zero-order valence-corrected chi connectivity index (χ0v) is 13.4. The van der Waals surface area contributed by atoms with E-state index in [2.05, 4.69) is 9.97 Å². The lowest BCUT2D eigenvalue weighted by Gasteiger charge is -2.06. The number of benzene rings is 3. The van der Waals surface area contributed by atoms with E-state index in [1.165, 1.54) is 0 Å². The van der Waals surface area contributed by atoms with Crippen LogP contribution in [0.25, 0.3) is 49.3 Å². The number of imidazole rings is 2. The molecule has 0 aliphatic heterocycles. The molecule has 0 aliphatic rings. The Morgan fingerprint density at radius 1 is 0.960 bits per heavy atom. The van der Waals surface area contributed by atoms with Crippen LogP contribution in [0.5, 0.6) is 0 Å². The van der Waals surface area contributed by atoms with Gasteiger partial charge in [-0.1, -0.05) is 30.3 Å². The first-order valence-corrected chi connectivity index (χ1v) is 8.16. The van der Waals surface area contributed by atoms with Crippen LogP contribution in [-0.4, -0.2) is 19.4 Å². The number of aromatic amines is 1. The molecule has 3 heterocycles. The van der Waals surface area contributed by atoms with Gasteiger partial charge in [0.05, 0.1) is 22.1 Å². The molecule has 1 N–H and O–H groups in total. The molecular weight excluding hydrogens is 312 g/mol. The fourth-order valence-electron chi connectivity index (χ4n) is 3.92. The van der Waals surface area contributed by atoms with Crippen LogP contribution in [0.2, 0.25) is 0 Å². The molecule has 6 aromatic rings. The summed E-state index contributed by atoms with van der Waals surface area (Å²) in [4.78, 5) is 25.7. The molecule has 118 valence electrons. The minimum Gasteiger partial charge on any atom is -0.342 e. The van der Waals surface area contributed by atoms with Crippen molar-refractivity contribution in [2.75, 3.05) is 0 Å². The van der Waals surface area contributed by atoms with Gasteiger partial charge in [-0.25, -0.2) is 9.97 Å². The van der Waals surface area contributed by atoms with Gasteiger partial charge in [0, 0.05) is 16.2 Å². The van der Waals surface area contributed by atoms with Crippen LogP contribution in [0.15, 0.2) is 53.3 Å². The van der Waals surface area contributed by atoms with E-state index in [9.17, 15) is 4.79 Å². The molecule has 3 aromatic heterocycles. The summed E-state index contributed by atoms with van der Waals surface area (Å²) in [6, 6.07) is 15.8. The van der Waals surface area contributed by atoms with Crippen LogP contribution in [0, 0.1) is 6.92 Å². The number of fused-ring (bicyclic) bond motifs is 5. The Morgan fingerprint density at radius 3 is 2.60 bits per heavy atom. The third-order valence-electron chi connectivity index (χ3n) is 4.95. The molecular formula is C20H12N4O. The second kappa shape index (κ2) is 4.13. The van der Waals surface area contributed by atoms with Crippen LogP contribution < -0.4 is 5.56 Å². The highest BCUT2D eigenvalue weighted by molar-refractivity contribution is 6.15. The molecule has 0 unspecified atom stereocenters. The number of aryl methyl sites for hydroxylation is 1. The first-order chi connectivity index (χ1) is 12.2. The van der Waals surface area contributed by atoms with Gasteiger partial charge in [-0.2, -0.15) is 0 Å². The van der Waals surface area contributed by atoms with Crippen LogP contribution >= 0.6 is 0 Å². The zero-order chi connectivity index (χ0) is 16.7. The number of aromatic nitrogens is 4. The van der Waals surface area contributed by atoms with Crippen molar-refractivity contribution in [2.24, 2.45) is 0 Å². The molecule has 3 aromatic carbocycles. The lowest BCUT2D eigenvalue weighted by molar-refractivity contribution is 1.17. The van der Waals surface area contributed by atoms with Gasteiger partial charge >= 0.3 is 0 Å². The van der Waals surface area contributed by atoms with E-state index in [0.29, 0.717) is 5.65 Å². The van der Waals surface area contributed by atoms with E-state index in [1.807, 2.05) is 55.5 Å². The molecule has 0 spiro atoms. The second-order valence-corrected chi connectivity index (χ2v) is 6.47. The van der Waals surface area contributed by atoms with Crippen molar-refractivity contribution in [1.29, 1.82) is 0 Å². The Labute approximate surface area is 140 Å². The number of pyridine rings is 1. The molecule has 0 saturated heterocycles. The average Bonchev–Trinajstić information content (AvgIpc) is 3.16. The lowest BCUT2D eigenvalue weighted by Crippen LogP contribution is -2.13. The van der Waals surface area contributed by atoms with Crippen LogP contribution in [0.1, 0.15) is 5.82 Å². The number of rotatable bonds is 0. The molecule has 0 fully saturated rings. The zero-order valence-electron chi connectivity index (χ0n) is 13.4. The third-order valence-corrected chi connectivity index (χ3v) is 4.95. The summed E-state index contributed by atoms with van der Waals surface area (Å²) >= 11 is 0. The van der Waals surface area contributed by atoms with Crippen molar-refractivity contribution in [3.05, 3.63) is 64.7 Å². The molecule has 0 amide bonds. The van der Waals surface area contributed by atoms with Crippen LogP contribution in [0.3, 0.4) is 0 Å². The molecule has 0 aliphatic carbocycles. The molecule has 0 bridgehead atoms. The van der Waals surface area contributed by atoms with E-state index < -0.39 is 0 Å². The first-order valence-electron chi connectivity index (χ1n) is 8.16. The largest absolute Gasteiger partial charge is 0.342 e. The van der Waals surface area contributed by atoms with Gasteiger partial charge in [0.25, 0.3) is 5.56 Å². The van der Waals surface area contributed by atoms with Crippen LogP contribution in [0.4, 0.5) is 0 Å². The van der Waals surface area contributed by atoms with Gasteiger partial charge in [-0.15, -0.1) is 0 Å². The van der Waals surface area contributed by atoms with Crippen molar-refractivity contribution < 1.29 is 0 Å². The van der Waals surface area contributed by atoms with E-state index in [0.717, 1.165) is 49.4 Å². The molecule has 0 atom stereocenters. The molecule has 25 heavy (non-hydrogen) atoms. The van der Waals surface area contributed by atoms with Gasteiger partial charge in [0.1, 0.15) is 11.5 Å². The summed E-state index contributed by atoms with van der Waals surface area (Å²) in [7, 11) is 0. The number of nitrogens with one attached hydrogen (secondary N) is 1. The summed E-state index contributed by atoms with van der Waals surface area (Å²) in [5.74, 6) is 0.850. The Kier molecular flexibility index (Phi) is 2.13. The highest BCUT2D eigenvalue weighted by Gasteiger charge is 2.16. The summed E-state index contributed by atoms with van der Waals surface area (Å²) in [6.07, 6.45) is 0. The Bertz CT molecular complexity index is 1520. The van der Waals surface area contributed by atoms with Crippen molar-refractivity contribution in [1.82, 2.24) is 19.4 Å². The fraction of sp³-hybridized carbons (Fsp3) is 0.0500. The number of hydrogen-bond donors (Lipinski definition) is 1. The van der Waals surface area contributed by atoms with Gasteiger partial charge < -0.3 is 4.98 Å². The second-order valence-electron chi connectivity index (χ2n) is 6.47. The van der Waals surface area contributed by atoms with E-state index in [1.54, 1.807) is 4.40 Å². The van der Waals surface area contributed by atoms with Crippen molar-refractivity contribution >= 4 is 49.3 Å². The number of nitrogens with zero attached hydrogens (tertiary/aromatic N) is 3. The molecule has 0 radical (unpaired) electrons. The van der Waals surface area contributed by atoms with Gasteiger partial charge in [-0.3, -0.25) is 9.20 Å². The highest BCUT2D eigenvalue weighted by atomic mass is 16.1. The Hall–Kier alpha value is -3.47. The van der Waals surface area contributed by atoms with E-state index >= 15 is 0 Å². The van der Waals surface area contributed by atoms with Gasteiger partial charge in [0.15, 0.2) is 0 Å². The van der Waals surface area contributed by atoms with Gasteiger partial charge in [0.2, 0.25) is 0 Å². The SMILES string of the molecule is Cc1nc2cc3c(cc2[nH]1)nc1c2cccc4cccc(c(=O)n31)c42. The predicted octanol–water partition coefficient (Wildman–Crippen LogP) is 3.78. The van der Waals surface area contributed by atoms with Crippen molar-refractivity contribution in [3.8, 4) is 0 Å². The monoisotopic (exact) mass is 324 g/mol. The lowest BCUT2D eigenvalue weighted by atomic mass is 10.0. The first kappa shape index (κ1) is 12.9. The van der Waals surface area contributed by atoms with E-state index in [-0.39, 0.29) is 5.56 Å². The maximum Gasteiger partial charge on any atom is 0.264 e. The standard InChI is InChI=1S/C20H12N4O/c1-10-21-14-8-16-17(9-15(14)22-10)24-19(23-16)12-6-2-4-11-5-3-7-13(18(11)12)20(24)25/h2-9H,1H3,(H,21,22). The number of H-pyrrole nitrogens is 1. The smallest absolute Gasteiger partial charge is 0.264 e. The van der Waals surface area contributed by atoms with Crippen molar-refractivity contribution in [3.63, 3.8) is 0 Å². The highest BCUT2D eigenvalue weighted by Crippen LogP contribution is 2.30. The maximum absolute atomic E-state index is 13.2. The van der Waals surface area contributed by atoms with Crippen LogP contribution in [-0.2, 0) is 0 Å². The number of hydrogen-bond acceptors (Lipinski definition) is 3. The quantitative estimate of drug-likeness (QED) is 0.462. The minimum absolute atomic E-state index is 0.0339. The normalized spacial score (nSPS) is 12.4. The summed E-state index contributed by atoms with van der Waals surface area (Å²) < 4.78 is 1.72. The Balaban J connectivity index is 1.97. The topological polar surface area (TPSA) is 63.0 Å². The van der Waals surface area contributed by atoms with Gasteiger partial charge in [-0.05, 0) is 30.5 Å². The average molecular weight is 324 g/mol. The molecule has 5 heteroatoms. The third kappa shape index (κ3) is 1.50. The minimum atomic E-state index is -0.0339. The summed E-state index contributed by atoms with van der Waals surface area (Å²) in [5.41, 5.74) is 4.04. The van der Waals surface area contributed by atoms with E-state index in [4.69, 9.17) is 4.98 Å². The molecule has 5 nitrogen and oxygen atoms in total. The fourth-order valence-corrected chi connectivity index (χ4v) is 3.92. The van der Waals surface area contributed by atoms with Crippen molar-refractivity contribution in [2.45, 2.75) is 6.92 Å². The Morgan fingerprint density at radius 2 is 1.76 bits per heavy atom.